The second kappa shape index (κ2) is 7.34. The number of hydrogen-bond donors (Lipinski definition) is 0. The Morgan fingerprint density at radius 3 is 2.44 bits per heavy atom. The molecule has 0 saturated heterocycles. The first kappa shape index (κ1) is 17.0. The lowest BCUT2D eigenvalue weighted by Crippen LogP contribution is -2.11. The smallest absolute Gasteiger partial charge is 0.269 e. The van der Waals surface area contributed by atoms with E-state index in [4.69, 9.17) is 9.47 Å². The molecular weight excluding hydrogens is 322 g/mol. The highest BCUT2D eigenvalue weighted by Crippen LogP contribution is 2.37. The number of aryl methyl sites for hydroxylation is 1. The maximum atomic E-state index is 11.1. The summed E-state index contributed by atoms with van der Waals surface area (Å²) in [5.41, 5.74) is 1.12. The SMILES string of the molecule is Cc1cc([N+](=O)[O-])ccc1Oc1cc(C=O)ccc1OC1CCCC1. The molecule has 0 amide bonds. The second-order valence-electron chi connectivity index (χ2n) is 6.16. The molecule has 0 bridgehead atoms. The number of ether oxygens (including phenoxy) is 2. The first-order valence-electron chi connectivity index (χ1n) is 8.25. The van der Waals surface area contributed by atoms with Crippen molar-refractivity contribution in [2.75, 3.05) is 0 Å². The van der Waals surface area contributed by atoms with Crippen molar-refractivity contribution in [1.82, 2.24) is 0 Å². The average molecular weight is 341 g/mol. The van der Waals surface area contributed by atoms with Crippen LogP contribution in [0.5, 0.6) is 17.2 Å². The van der Waals surface area contributed by atoms with Crippen molar-refractivity contribution < 1.29 is 19.2 Å². The van der Waals surface area contributed by atoms with Crippen LogP contribution in [-0.2, 0) is 0 Å². The highest BCUT2D eigenvalue weighted by atomic mass is 16.6. The fourth-order valence-corrected chi connectivity index (χ4v) is 2.94. The number of nitrogens with zero attached hydrogens (tertiary/aromatic N) is 1. The molecule has 1 aliphatic carbocycles. The molecule has 6 heteroatoms. The number of benzene rings is 2. The molecule has 6 nitrogen and oxygen atoms in total. The van der Waals surface area contributed by atoms with E-state index in [1.54, 1.807) is 31.2 Å². The van der Waals surface area contributed by atoms with Crippen molar-refractivity contribution in [3.8, 4) is 17.2 Å². The minimum atomic E-state index is -0.446. The zero-order valence-electron chi connectivity index (χ0n) is 13.9. The summed E-state index contributed by atoms with van der Waals surface area (Å²) >= 11 is 0. The van der Waals surface area contributed by atoms with E-state index < -0.39 is 4.92 Å². The van der Waals surface area contributed by atoms with Crippen LogP contribution in [0.25, 0.3) is 0 Å². The lowest BCUT2D eigenvalue weighted by Gasteiger charge is -2.17. The van der Waals surface area contributed by atoms with Gasteiger partial charge in [0.05, 0.1) is 11.0 Å². The predicted molar refractivity (Wildman–Crippen MR) is 92.6 cm³/mol. The fraction of sp³-hybridized carbons (Fsp3) is 0.316. The van der Waals surface area contributed by atoms with Crippen LogP contribution in [0.4, 0.5) is 5.69 Å². The Labute approximate surface area is 145 Å². The third-order valence-corrected chi connectivity index (χ3v) is 4.29. The van der Waals surface area contributed by atoms with Gasteiger partial charge in [-0.05, 0) is 62.4 Å². The number of nitro groups is 1. The van der Waals surface area contributed by atoms with E-state index in [-0.39, 0.29) is 11.8 Å². The first-order chi connectivity index (χ1) is 12.1. The molecule has 0 spiro atoms. The van der Waals surface area contributed by atoms with E-state index in [0.29, 0.717) is 28.4 Å². The van der Waals surface area contributed by atoms with Gasteiger partial charge in [-0.1, -0.05) is 0 Å². The Morgan fingerprint density at radius 2 is 1.80 bits per heavy atom. The van der Waals surface area contributed by atoms with Crippen LogP contribution in [0.15, 0.2) is 36.4 Å². The Kier molecular flexibility index (Phi) is 4.97. The van der Waals surface area contributed by atoms with Gasteiger partial charge in [0.2, 0.25) is 0 Å². The fourth-order valence-electron chi connectivity index (χ4n) is 2.94. The van der Waals surface area contributed by atoms with Crippen LogP contribution in [0.2, 0.25) is 0 Å². The molecule has 1 fully saturated rings. The molecule has 0 aromatic heterocycles. The summed E-state index contributed by atoms with van der Waals surface area (Å²) in [6, 6.07) is 9.45. The van der Waals surface area contributed by atoms with E-state index in [9.17, 15) is 14.9 Å². The molecule has 1 aliphatic rings. The minimum Gasteiger partial charge on any atom is -0.487 e. The van der Waals surface area contributed by atoms with Gasteiger partial charge in [0, 0.05) is 17.7 Å². The van der Waals surface area contributed by atoms with E-state index in [1.807, 2.05) is 0 Å². The topological polar surface area (TPSA) is 78.7 Å². The summed E-state index contributed by atoms with van der Waals surface area (Å²) in [7, 11) is 0. The maximum Gasteiger partial charge on any atom is 0.269 e. The molecule has 0 N–H and O–H groups in total. The molecule has 130 valence electrons. The molecule has 1 saturated carbocycles. The quantitative estimate of drug-likeness (QED) is 0.427. The summed E-state index contributed by atoms with van der Waals surface area (Å²) < 4.78 is 12.0. The van der Waals surface area contributed by atoms with E-state index in [2.05, 4.69) is 0 Å². The van der Waals surface area contributed by atoms with Gasteiger partial charge >= 0.3 is 0 Å². The lowest BCUT2D eigenvalue weighted by molar-refractivity contribution is -0.384. The third kappa shape index (κ3) is 3.96. The highest BCUT2D eigenvalue weighted by molar-refractivity contribution is 5.76. The van der Waals surface area contributed by atoms with E-state index in [0.717, 1.165) is 32.0 Å². The standard InChI is InChI=1S/C19H19NO5/c1-13-10-15(20(22)23)7-9-17(13)25-19-11-14(12-21)6-8-18(19)24-16-4-2-3-5-16/h6-12,16H,2-5H2,1H3. The van der Waals surface area contributed by atoms with Crippen molar-refractivity contribution in [3.63, 3.8) is 0 Å². The number of non-ortho nitro benzene ring substituents is 1. The van der Waals surface area contributed by atoms with Gasteiger partial charge in [-0.15, -0.1) is 0 Å². The molecule has 3 rings (SSSR count). The predicted octanol–water partition coefficient (Wildman–Crippen LogP) is 4.83. The molecule has 0 aliphatic heterocycles. The first-order valence-corrected chi connectivity index (χ1v) is 8.25. The monoisotopic (exact) mass is 341 g/mol. The zero-order chi connectivity index (χ0) is 17.8. The Morgan fingerprint density at radius 1 is 1.08 bits per heavy atom. The van der Waals surface area contributed by atoms with Gasteiger partial charge in [-0.2, -0.15) is 0 Å². The van der Waals surface area contributed by atoms with Gasteiger partial charge in [-0.25, -0.2) is 0 Å². The average Bonchev–Trinajstić information content (AvgIpc) is 3.11. The van der Waals surface area contributed by atoms with Crippen molar-refractivity contribution in [3.05, 3.63) is 57.6 Å². The third-order valence-electron chi connectivity index (χ3n) is 4.29. The lowest BCUT2D eigenvalue weighted by atomic mass is 10.2. The second-order valence-corrected chi connectivity index (χ2v) is 6.16. The largest absolute Gasteiger partial charge is 0.487 e. The molecule has 2 aromatic rings. The van der Waals surface area contributed by atoms with Gasteiger partial charge in [-0.3, -0.25) is 14.9 Å². The van der Waals surface area contributed by atoms with Gasteiger partial charge in [0.15, 0.2) is 11.5 Å². The minimum absolute atomic E-state index is 0.00826. The van der Waals surface area contributed by atoms with E-state index in [1.165, 1.54) is 12.1 Å². The number of carbonyl (C=O) groups is 1. The van der Waals surface area contributed by atoms with Crippen molar-refractivity contribution in [2.24, 2.45) is 0 Å². The summed E-state index contributed by atoms with van der Waals surface area (Å²) in [6.07, 6.45) is 5.21. The van der Waals surface area contributed by atoms with Gasteiger partial charge < -0.3 is 9.47 Å². The summed E-state index contributed by atoms with van der Waals surface area (Å²) in [5, 5.41) is 10.9. The maximum absolute atomic E-state index is 11.1. The summed E-state index contributed by atoms with van der Waals surface area (Å²) in [5.74, 6) is 1.51. The molecule has 0 radical (unpaired) electrons. The number of carbonyl (C=O) groups excluding carboxylic acids is 1. The zero-order valence-corrected chi connectivity index (χ0v) is 13.9. The number of nitro benzene ring substituents is 1. The molecule has 0 atom stereocenters. The number of hydrogen-bond acceptors (Lipinski definition) is 5. The van der Waals surface area contributed by atoms with Crippen LogP contribution < -0.4 is 9.47 Å². The molecule has 25 heavy (non-hydrogen) atoms. The summed E-state index contributed by atoms with van der Waals surface area (Å²) in [4.78, 5) is 21.5. The van der Waals surface area contributed by atoms with Crippen molar-refractivity contribution >= 4 is 12.0 Å². The highest BCUT2D eigenvalue weighted by Gasteiger charge is 2.19. The number of aldehydes is 1. The Hall–Kier alpha value is -2.89. The van der Waals surface area contributed by atoms with E-state index >= 15 is 0 Å². The van der Waals surface area contributed by atoms with Crippen LogP contribution in [0.1, 0.15) is 41.6 Å². The van der Waals surface area contributed by atoms with Crippen molar-refractivity contribution in [1.29, 1.82) is 0 Å². The van der Waals surface area contributed by atoms with Crippen LogP contribution in [0.3, 0.4) is 0 Å². The molecular formula is C19H19NO5. The van der Waals surface area contributed by atoms with Crippen molar-refractivity contribution in [2.45, 2.75) is 38.7 Å². The van der Waals surface area contributed by atoms with Gasteiger partial charge in [0.1, 0.15) is 12.0 Å². The van der Waals surface area contributed by atoms with Crippen LogP contribution in [0, 0.1) is 17.0 Å². The normalized spacial score (nSPS) is 14.3. The molecule has 2 aromatic carbocycles. The number of rotatable bonds is 6. The Bertz CT molecular complexity index is 796. The molecule has 0 unspecified atom stereocenters. The molecule has 0 heterocycles. The van der Waals surface area contributed by atoms with Crippen LogP contribution in [-0.4, -0.2) is 17.3 Å². The summed E-state index contributed by atoms with van der Waals surface area (Å²) in [6.45, 7) is 1.74. The van der Waals surface area contributed by atoms with Crippen LogP contribution >= 0.6 is 0 Å². The Balaban J connectivity index is 1.89. The van der Waals surface area contributed by atoms with Gasteiger partial charge in [0.25, 0.3) is 5.69 Å².